The molecule has 1 fully saturated rings. The van der Waals surface area contributed by atoms with Crippen molar-refractivity contribution in [2.75, 3.05) is 7.11 Å². The first kappa shape index (κ1) is 23.8. The molecule has 1 saturated heterocycles. The zero-order valence-corrected chi connectivity index (χ0v) is 18.9. The number of nitrogens with zero attached hydrogens (tertiary/aromatic N) is 2. The minimum atomic E-state index is -0.794. The number of carbonyl (C=O) groups excluding carboxylic acids is 3. The molecule has 1 aliphatic heterocycles. The van der Waals surface area contributed by atoms with Gasteiger partial charge in [0.15, 0.2) is 0 Å². The number of imide groups is 1. The van der Waals surface area contributed by atoms with Crippen molar-refractivity contribution in [3.05, 3.63) is 62.2 Å². The van der Waals surface area contributed by atoms with Gasteiger partial charge in [-0.25, -0.2) is 9.59 Å². The molecule has 1 aromatic carbocycles. The highest BCUT2D eigenvalue weighted by molar-refractivity contribution is 6.31. The van der Waals surface area contributed by atoms with Gasteiger partial charge >= 0.3 is 17.7 Å². The summed E-state index contributed by atoms with van der Waals surface area (Å²) in [6.45, 7) is 4.87. The van der Waals surface area contributed by atoms with Crippen LogP contribution in [0, 0.1) is 10.1 Å². The SMILES string of the molecule is COC(=O)c1ccc(CN2C(=O)NC(=Cc3cc(Cl)cc([N+](=O)[O-])c3OC(C)(C)C)C2=O)o1. The Hall–Kier alpha value is -3.86. The van der Waals surface area contributed by atoms with Crippen molar-refractivity contribution in [1.82, 2.24) is 10.2 Å². The van der Waals surface area contributed by atoms with Gasteiger partial charge in [-0.05, 0) is 45.0 Å². The summed E-state index contributed by atoms with van der Waals surface area (Å²) in [5.74, 6) is -1.41. The number of rotatable bonds is 6. The third kappa shape index (κ3) is 5.32. The van der Waals surface area contributed by atoms with Crippen LogP contribution < -0.4 is 10.1 Å². The first-order valence-corrected chi connectivity index (χ1v) is 9.96. The summed E-state index contributed by atoms with van der Waals surface area (Å²) in [6.07, 6.45) is 1.25. The maximum atomic E-state index is 12.9. The summed E-state index contributed by atoms with van der Waals surface area (Å²) < 4.78 is 15.6. The number of esters is 1. The number of benzene rings is 1. The Morgan fingerprint density at radius 3 is 2.61 bits per heavy atom. The Morgan fingerprint density at radius 2 is 2.00 bits per heavy atom. The van der Waals surface area contributed by atoms with E-state index in [1.807, 2.05) is 0 Å². The molecule has 0 aliphatic carbocycles. The van der Waals surface area contributed by atoms with Gasteiger partial charge in [-0.15, -0.1) is 0 Å². The van der Waals surface area contributed by atoms with E-state index in [-0.39, 0.29) is 45.8 Å². The van der Waals surface area contributed by atoms with Crippen molar-refractivity contribution >= 4 is 41.3 Å². The molecule has 3 amide bonds. The van der Waals surface area contributed by atoms with E-state index in [1.54, 1.807) is 20.8 Å². The predicted octanol–water partition coefficient (Wildman–Crippen LogP) is 3.90. The molecular weight excluding hydrogens is 458 g/mol. The van der Waals surface area contributed by atoms with Crippen LogP contribution in [-0.2, 0) is 16.1 Å². The third-order valence-electron chi connectivity index (χ3n) is 4.29. The van der Waals surface area contributed by atoms with Gasteiger partial charge in [-0.3, -0.25) is 19.8 Å². The molecule has 1 aromatic heterocycles. The number of carbonyl (C=O) groups is 3. The van der Waals surface area contributed by atoms with Crippen LogP contribution in [0.3, 0.4) is 0 Å². The van der Waals surface area contributed by atoms with Crippen molar-refractivity contribution in [3.63, 3.8) is 0 Å². The van der Waals surface area contributed by atoms with Gasteiger partial charge in [0.1, 0.15) is 17.1 Å². The van der Waals surface area contributed by atoms with E-state index >= 15 is 0 Å². The molecular formula is C21H20ClN3O8. The summed E-state index contributed by atoms with van der Waals surface area (Å²) in [4.78, 5) is 48.5. The van der Waals surface area contributed by atoms with Gasteiger partial charge < -0.3 is 19.2 Å². The lowest BCUT2D eigenvalue weighted by Gasteiger charge is -2.22. The largest absolute Gasteiger partial charge is 0.481 e. The van der Waals surface area contributed by atoms with Crippen LogP contribution >= 0.6 is 11.6 Å². The molecule has 1 N–H and O–H groups in total. The highest BCUT2D eigenvalue weighted by Crippen LogP contribution is 2.38. The van der Waals surface area contributed by atoms with Gasteiger partial charge in [0, 0.05) is 16.7 Å². The molecule has 0 spiro atoms. The van der Waals surface area contributed by atoms with E-state index < -0.39 is 28.4 Å². The Morgan fingerprint density at radius 1 is 1.30 bits per heavy atom. The molecule has 11 nitrogen and oxygen atoms in total. The number of nitrogens with one attached hydrogen (secondary N) is 1. The summed E-state index contributed by atoms with van der Waals surface area (Å²) in [7, 11) is 1.19. The zero-order chi connectivity index (χ0) is 24.5. The average Bonchev–Trinajstić information content (AvgIpc) is 3.28. The normalized spacial score (nSPS) is 15.1. The molecule has 0 bridgehead atoms. The molecule has 3 rings (SSSR count). The van der Waals surface area contributed by atoms with Gasteiger partial charge in [0.2, 0.25) is 11.5 Å². The Bertz CT molecular complexity index is 1180. The number of nitro groups is 1. The Kier molecular flexibility index (Phi) is 6.45. The lowest BCUT2D eigenvalue weighted by molar-refractivity contribution is -0.386. The molecule has 0 unspecified atom stereocenters. The van der Waals surface area contributed by atoms with E-state index in [0.717, 1.165) is 11.0 Å². The topological polar surface area (TPSA) is 141 Å². The molecule has 2 aromatic rings. The minimum Gasteiger partial charge on any atom is -0.481 e. The fourth-order valence-electron chi connectivity index (χ4n) is 2.96. The van der Waals surface area contributed by atoms with Crippen LogP contribution in [0.15, 0.2) is 34.4 Å². The summed E-state index contributed by atoms with van der Waals surface area (Å²) in [5.41, 5.74) is -1.18. The number of halogens is 1. The summed E-state index contributed by atoms with van der Waals surface area (Å²) >= 11 is 6.04. The molecule has 0 atom stereocenters. The second-order valence-electron chi connectivity index (χ2n) is 7.95. The van der Waals surface area contributed by atoms with Crippen LogP contribution in [0.25, 0.3) is 6.08 Å². The Balaban J connectivity index is 1.95. The summed E-state index contributed by atoms with van der Waals surface area (Å²) in [6, 6.07) is 4.58. The summed E-state index contributed by atoms with van der Waals surface area (Å²) in [5, 5.41) is 14.0. The van der Waals surface area contributed by atoms with E-state index in [1.165, 1.54) is 31.4 Å². The second kappa shape index (κ2) is 8.94. The van der Waals surface area contributed by atoms with Gasteiger partial charge in [0.25, 0.3) is 5.91 Å². The van der Waals surface area contributed by atoms with Gasteiger partial charge in [0.05, 0.1) is 18.6 Å². The molecule has 1 aliphatic rings. The number of hydrogen-bond acceptors (Lipinski definition) is 8. The van der Waals surface area contributed by atoms with Crippen LogP contribution in [0.4, 0.5) is 10.5 Å². The lowest BCUT2D eigenvalue weighted by atomic mass is 10.1. The fraction of sp³-hybridized carbons (Fsp3) is 0.286. The number of nitro benzene ring substituents is 1. The first-order valence-electron chi connectivity index (χ1n) is 9.58. The van der Waals surface area contributed by atoms with Gasteiger partial charge in [-0.1, -0.05) is 11.6 Å². The number of methoxy groups -OCH3 is 1. The van der Waals surface area contributed by atoms with E-state index in [2.05, 4.69) is 10.1 Å². The lowest BCUT2D eigenvalue weighted by Crippen LogP contribution is -2.30. The zero-order valence-electron chi connectivity index (χ0n) is 18.1. The maximum Gasteiger partial charge on any atom is 0.373 e. The molecule has 33 heavy (non-hydrogen) atoms. The second-order valence-corrected chi connectivity index (χ2v) is 8.39. The van der Waals surface area contributed by atoms with Gasteiger partial charge in [-0.2, -0.15) is 0 Å². The minimum absolute atomic E-state index is 0.0503. The van der Waals surface area contributed by atoms with Crippen molar-refractivity contribution in [3.8, 4) is 5.75 Å². The fourth-order valence-corrected chi connectivity index (χ4v) is 3.18. The van der Waals surface area contributed by atoms with Crippen LogP contribution in [-0.4, -0.2) is 40.4 Å². The quantitative estimate of drug-likeness (QED) is 0.217. The van der Waals surface area contributed by atoms with Crippen LogP contribution in [0.5, 0.6) is 5.75 Å². The molecule has 2 heterocycles. The average molecular weight is 478 g/mol. The number of amides is 3. The Labute approximate surface area is 193 Å². The third-order valence-corrected chi connectivity index (χ3v) is 4.51. The number of hydrogen-bond donors (Lipinski definition) is 1. The molecule has 0 saturated carbocycles. The van der Waals surface area contributed by atoms with E-state index in [4.69, 9.17) is 20.8 Å². The van der Waals surface area contributed by atoms with Crippen LogP contribution in [0.2, 0.25) is 5.02 Å². The number of urea groups is 1. The molecule has 12 heteroatoms. The van der Waals surface area contributed by atoms with Crippen LogP contribution in [0.1, 0.15) is 42.6 Å². The highest BCUT2D eigenvalue weighted by Gasteiger charge is 2.35. The smallest absolute Gasteiger partial charge is 0.373 e. The molecule has 174 valence electrons. The standard InChI is InChI=1S/C21H20ClN3O8/c1-21(2,3)33-17-11(7-12(22)9-15(17)25(29)30)8-14-18(26)24(20(28)23-14)10-13-5-6-16(32-13)19(27)31-4/h5-9H,10H2,1-4H3,(H,23,28). The number of furan rings is 1. The van der Waals surface area contributed by atoms with Crippen molar-refractivity contribution in [2.24, 2.45) is 0 Å². The van der Waals surface area contributed by atoms with Crippen molar-refractivity contribution < 1.29 is 33.2 Å². The van der Waals surface area contributed by atoms with Crippen molar-refractivity contribution in [1.29, 1.82) is 0 Å². The maximum absolute atomic E-state index is 12.9. The van der Waals surface area contributed by atoms with E-state index in [0.29, 0.717) is 0 Å². The predicted molar refractivity (Wildman–Crippen MR) is 116 cm³/mol. The first-order chi connectivity index (χ1) is 15.4. The van der Waals surface area contributed by atoms with E-state index in [9.17, 15) is 24.5 Å². The highest BCUT2D eigenvalue weighted by atomic mass is 35.5. The number of ether oxygens (including phenoxy) is 2. The van der Waals surface area contributed by atoms with Crippen molar-refractivity contribution in [2.45, 2.75) is 32.9 Å². The molecule has 0 radical (unpaired) electrons. The monoisotopic (exact) mass is 477 g/mol.